The van der Waals surface area contributed by atoms with Crippen LogP contribution in [-0.2, 0) is 0 Å². The second-order valence-electron chi connectivity index (χ2n) is 7.51. The van der Waals surface area contributed by atoms with Gasteiger partial charge in [-0.2, -0.15) is 0 Å². The Hall–Kier alpha value is -0.770. The first-order chi connectivity index (χ1) is 9.76. The SMILES string of the molecule is CCC1CCCCC1N(C)C(=O)NCC(C)(C)CC(C)O. The summed E-state index contributed by atoms with van der Waals surface area (Å²) >= 11 is 0. The van der Waals surface area contributed by atoms with Gasteiger partial charge in [-0.25, -0.2) is 4.79 Å². The van der Waals surface area contributed by atoms with Gasteiger partial charge < -0.3 is 15.3 Å². The Morgan fingerprint density at radius 2 is 2.00 bits per heavy atom. The highest BCUT2D eigenvalue weighted by Crippen LogP contribution is 2.30. The van der Waals surface area contributed by atoms with E-state index in [1.165, 1.54) is 19.3 Å². The Kier molecular flexibility index (Phi) is 6.98. The van der Waals surface area contributed by atoms with Crippen molar-refractivity contribution in [3.63, 3.8) is 0 Å². The minimum atomic E-state index is -0.336. The van der Waals surface area contributed by atoms with Gasteiger partial charge in [0.25, 0.3) is 0 Å². The molecule has 2 N–H and O–H groups in total. The van der Waals surface area contributed by atoms with Crippen molar-refractivity contribution in [1.29, 1.82) is 0 Å². The highest BCUT2D eigenvalue weighted by molar-refractivity contribution is 5.74. The van der Waals surface area contributed by atoms with Gasteiger partial charge in [-0.3, -0.25) is 0 Å². The molecule has 4 nitrogen and oxygen atoms in total. The van der Waals surface area contributed by atoms with Gasteiger partial charge in [0.05, 0.1) is 6.10 Å². The van der Waals surface area contributed by atoms with Gasteiger partial charge in [-0.1, -0.05) is 40.0 Å². The fourth-order valence-corrected chi connectivity index (χ4v) is 3.64. The fraction of sp³-hybridized carbons (Fsp3) is 0.941. The number of nitrogens with zero attached hydrogens (tertiary/aromatic N) is 1. The lowest BCUT2D eigenvalue weighted by molar-refractivity contribution is 0.117. The molecule has 0 aromatic rings. The first kappa shape index (κ1) is 18.3. The van der Waals surface area contributed by atoms with E-state index in [-0.39, 0.29) is 17.6 Å². The third kappa shape index (κ3) is 5.85. The van der Waals surface area contributed by atoms with E-state index in [1.807, 2.05) is 11.9 Å². The first-order valence-electron chi connectivity index (χ1n) is 8.45. The van der Waals surface area contributed by atoms with Crippen LogP contribution in [0.15, 0.2) is 0 Å². The summed E-state index contributed by atoms with van der Waals surface area (Å²) < 4.78 is 0. The van der Waals surface area contributed by atoms with Gasteiger partial charge in [0.1, 0.15) is 0 Å². The Morgan fingerprint density at radius 1 is 1.38 bits per heavy atom. The molecule has 4 heteroatoms. The second-order valence-corrected chi connectivity index (χ2v) is 7.51. The van der Waals surface area contributed by atoms with Crippen LogP contribution in [0, 0.1) is 11.3 Å². The quantitative estimate of drug-likeness (QED) is 0.789. The summed E-state index contributed by atoms with van der Waals surface area (Å²) in [6.45, 7) is 8.78. The second kappa shape index (κ2) is 8.02. The van der Waals surface area contributed by atoms with E-state index in [9.17, 15) is 9.90 Å². The molecular weight excluding hydrogens is 264 g/mol. The number of aliphatic hydroxyl groups excluding tert-OH is 1. The summed E-state index contributed by atoms with van der Waals surface area (Å²) in [5.74, 6) is 0.639. The molecule has 0 aliphatic heterocycles. The number of aliphatic hydroxyl groups is 1. The number of rotatable bonds is 6. The Bertz CT molecular complexity index is 329. The maximum Gasteiger partial charge on any atom is 0.317 e. The maximum atomic E-state index is 12.4. The predicted molar refractivity (Wildman–Crippen MR) is 87.3 cm³/mol. The molecule has 1 rings (SSSR count). The summed E-state index contributed by atoms with van der Waals surface area (Å²) in [5.41, 5.74) is -0.0820. The van der Waals surface area contributed by atoms with Crippen LogP contribution in [0.3, 0.4) is 0 Å². The van der Waals surface area contributed by atoms with Crippen molar-refractivity contribution in [2.45, 2.75) is 78.4 Å². The fourth-order valence-electron chi connectivity index (χ4n) is 3.64. The molecule has 0 bridgehead atoms. The van der Waals surface area contributed by atoms with Gasteiger partial charge in [0.2, 0.25) is 0 Å². The van der Waals surface area contributed by atoms with Gasteiger partial charge >= 0.3 is 6.03 Å². The first-order valence-corrected chi connectivity index (χ1v) is 8.45. The lowest BCUT2D eigenvalue weighted by atomic mass is 9.82. The lowest BCUT2D eigenvalue weighted by Gasteiger charge is -2.38. The van der Waals surface area contributed by atoms with E-state index in [0.717, 1.165) is 12.8 Å². The van der Waals surface area contributed by atoms with Gasteiger partial charge in [0, 0.05) is 19.6 Å². The van der Waals surface area contributed by atoms with E-state index in [4.69, 9.17) is 0 Å². The van der Waals surface area contributed by atoms with Crippen molar-refractivity contribution >= 4 is 6.03 Å². The number of carbonyl (C=O) groups is 1. The number of hydrogen-bond donors (Lipinski definition) is 2. The normalized spacial score (nSPS) is 24.5. The molecule has 0 aromatic carbocycles. The third-order valence-electron chi connectivity index (χ3n) is 4.78. The van der Waals surface area contributed by atoms with E-state index in [0.29, 0.717) is 24.9 Å². The molecule has 0 radical (unpaired) electrons. The molecule has 1 fully saturated rings. The number of nitrogens with one attached hydrogen (secondary N) is 1. The molecule has 0 spiro atoms. The summed E-state index contributed by atoms with van der Waals surface area (Å²) in [5, 5.41) is 12.6. The largest absolute Gasteiger partial charge is 0.393 e. The van der Waals surface area contributed by atoms with Gasteiger partial charge in [0.15, 0.2) is 0 Å². The topological polar surface area (TPSA) is 52.6 Å². The molecule has 3 atom stereocenters. The van der Waals surface area contributed by atoms with Crippen molar-refractivity contribution in [3.05, 3.63) is 0 Å². The highest BCUT2D eigenvalue weighted by atomic mass is 16.3. The van der Waals surface area contributed by atoms with Crippen LogP contribution in [0.1, 0.15) is 66.2 Å². The summed E-state index contributed by atoms with van der Waals surface area (Å²) in [6, 6.07) is 0.405. The molecule has 0 heterocycles. The van der Waals surface area contributed by atoms with E-state index < -0.39 is 0 Å². The molecular formula is C17H34N2O2. The predicted octanol–water partition coefficient (Wildman–Crippen LogP) is 3.39. The standard InChI is InChI=1S/C17H34N2O2/c1-6-14-9-7-8-10-15(14)19(5)16(21)18-12-17(3,4)11-13(2)20/h13-15,20H,6-12H2,1-5H3,(H,18,21). The maximum absolute atomic E-state index is 12.4. The van der Waals surface area contributed by atoms with Crippen LogP contribution in [0.2, 0.25) is 0 Å². The number of amides is 2. The zero-order chi connectivity index (χ0) is 16.0. The van der Waals surface area contributed by atoms with Crippen molar-refractivity contribution in [3.8, 4) is 0 Å². The smallest absolute Gasteiger partial charge is 0.317 e. The van der Waals surface area contributed by atoms with Crippen LogP contribution in [-0.4, -0.2) is 41.8 Å². The Balaban J connectivity index is 2.50. The zero-order valence-electron chi connectivity index (χ0n) is 14.5. The molecule has 3 unspecified atom stereocenters. The Labute approximate surface area is 130 Å². The average Bonchev–Trinajstić information content (AvgIpc) is 2.42. The number of hydrogen-bond acceptors (Lipinski definition) is 2. The van der Waals surface area contributed by atoms with E-state index in [2.05, 4.69) is 26.1 Å². The minimum Gasteiger partial charge on any atom is -0.393 e. The molecule has 1 aliphatic carbocycles. The Morgan fingerprint density at radius 3 is 2.57 bits per heavy atom. The summed E-state index contributed by atoms with van der Waals surface area (Å²) in [4.78, 5) is 14.3. The van der Waals surface area contributed by atoms with Crippen LogP contribution in [0.25, 0.3) is 0 Å². The van der Waals surface area contributed by atoms with Crippen molar-refractivity contribution in [2.75, 3.05) is 13.6 Å². The third-order valence-corrected chi connectivity index (χ3v) is 4.78. The molecule has 124 valence electrons. The van der Waals surface area contributed by atoms with Crippen LogP contribution >= 0.6 is 0 Å². The minimum absolute atomic E-state index is 0.0269. The number of carbonyl (C=O) groups excluding carboxylic acids is 1. The molecule has 21 heavy (non-hydrogen) atoms. The van der Waals surface area contributed by atoms with Crippen molar-refractivity contribution in [1.82, 2.24) is 10.2 Å². The van der Waals surface area contributed by atoms with Crippen LogP contribution in [0.4, 0.5) is 4.79 Å². The summed E-state index contributed by atoms with van der Waals surface area (Å²) in [6.07, 6.45) is 6.40. The van der Waals surface area contributed by atoms with Crippen LogP contribution < -0.4 is 5.32 Å². The molecule has 2 amide bonds. The van der Waals surface area contributed by atoms with E-state index >= 15 is 0 Å². The van der Waals surface area contributed by atoms with Gasteiger partial charge in [-0.05, 0) is 37.5 Å². The molecule has 1 saturated carbocycles. The zero-order valence-corrected chi connectivity index (χ0v) is 14.5. The average molecular weight is 298 g/mol. The number of urea groups is 1. The van der Waals surface area contributed by atoms with Crippen molar-refractivity contribution in [2.24, 2.45) is 11.3 Å². The highest BCUT2D eigenvalue weighted by Gasteiger charge is 2.30. The lowest BCUT2D eigenvalue weighted by Crippen LogP contribution is -2.49. The molecule has 0 aromatic heterocycles. The van der Waals surface area contributed by atoms with Crippen molar-refractivity contribution < 1.29 is 9.90 Å². The van der Waals surface area contributed by atoms with Gasteiger partial charge in [-0.15, -0.1) is 0 Å². The summed E-state index contributed by atoms with van der Waals surface area (Å²) in [7, 11) is 1.93. The van der Waals surface area contributed by atoms with Crippen LogP contribution in [0.5, 0.6) is 0 Å². The molecule has 0 saturated heterocycles. The molecule has 1 aliphatic rings. The van der Waals surface area contributed by atoms with E-state index in [1.54, 1.807) is 6.92 Å². The monoisotopic (exact) mass is 298 g/mol.